The molecular formula is C22H22FN5O3S. The third-order valence-corrected chi connectivity index (χ3v) is 5.99. The number of carboxylic acids is 1. The van der Waals surface area contributed by atoms with E-state index in [1.165, 1.54) is 18.5 Å². The average Bonchev–Trinajstić information content (AvgIpc) is 2.80. The van der Waals surface area contributed by atoms with E-state index in [-0.39, 0.29) is 16.8 Å². The first-order valence-electron chi connectivity index (χ1n) is 10.3. The largest absolute Gasteiger partial charge is 0.477 e. The fraction of sp³-hybridized carbons (Fsp3) is 0.318. The topological polar surface area (TPSA) is 91.6 Å². The Morgan fingerprint density at radius 2 is 1.94 bits per heavy atom. The van der Waals surface area contributed by atoms with E-state index in [0.29, 0.717) is 61.3 Å². The minimum atomic E-state index is -1.27. The van der Waals surface area contributed by atoms with Gasteiger partial charge in [0.1, 0.15) is 17.0 Å². The zero-order valence-electron chi connectivity index (χ0n) is 17.5. The van der Waals surface area contributed by atoms with Crippen molar-refractivity contribution in [2.45, 2.75) is 19.9 Å². The minimum absolute atomic E-state index is 0.181. The van der Waals surface area contributed by atoms with Crippen LogP contribution in [-0.4, -0.2) is 61.7 Å². The molecule has 10 heteroatoms. The van der Waals surface area contributed by atoms with Crippen LogP contribution in [0.3, 0.4) is 0 Å². The van der Waals surface area contributed by atoms with Crippen molar-refractivity contribution >= 4 is 40.2 Å². The molecule has 1 aromatic carbocycles. The number of aryl methyl sites for hydroxylation is 1. The highest BCUT2D eigenvalue weighted by atomic mass is 32.1. The number of hydrogen-bond donors (Lipinski definition) is 1. The summed E-state index contributed by atoms with van der Waals surface area (Å²) in [6, 6.07) is 6.63. The van der Waals surface area contributed by atoms with Gasteiger partial charge in [0, 0.05) is 51.5 Å². The van der Waals surface area contributed by atoms with Gasteiger partial charge in [-0.3, -0.25) is 4.79 Å². The summed E-state index contributed by atoms with van der Waals surface area (Å²) in [5.41, 5.74) is 0.0980. The number of aromatic carboxylic acids is 1. The molecule has 0 radical (unpaired) electrons. The first-order chi connectivity index (χ1) is 15.4. The van der Waals surface area contributed by atoms with Gasteiger partial charge < -0.3 is 19.5 Å². The lowest BCUT2D eigenvalue weighted by Crippen LogP contribution is -2.49. The molecule has 0 spiro atoms. The van der Waals surface area contributed by atoms with Crippen LogP contribution in [0.2, 0.25) is 0 Å². The summed E-state index contributed by atoms with van der Waals surface area (Å²) in [6.07, 6.45) is 3.10. The van der Waals surface area contributed by atoms with E-state index < -0.39 is 11.4 Å². The molecule has 0 unspecified atom stereocenters. The number of pyridine rings is 1. The van der Waals surface area contributed by atoms with Crippen molar-refractivity contribution in [2.24, 2.45) is 0 Å². The number of hydrogen-bond acceptors (Lipinski definition) is 6. The molecule has 1 fully saturated rings. The van der Waals surface area contributed by atoms with Crippen molar-refractivity contribution in [3.05, 3.63) is 63.8 Å². The molecule has 1 aliphatic rings. The van der Waals surface area contributed by atoms with E-state index in [4.69, 9.17) is 12.2 Å². The van der Waals surface area contributed by atoms with Crippen LogP contribution >= 0.6 is 12.2 Å². The summed E-state index contributed by atoms with van der Waals surface area (Å²) in [4.78, 5) is 37.5. The molecule has 0 bridgehead atoms. The highest BCUT2D eigenvalue weighted by Crippen LogP contribution is 2.17. The first-order valence-corrected chi connectivity index (χ1v) is 10.7. The second-order valence-electron chi connectivity index (χ2n) is 7.51. The van der Waals surface area contributed by atoms with Crippen LogP contribution in [0.4, 0.5) is 10.3 Å². The number of thiocarbonyl (C=S) groups is 1. The van der Waals surface area contributed by atoms with Crippen molar-refractivity contribution in [1.29, 1.82) is 0 Å². The standard InChI is InChI=1S/C22H22FN5O3S/c1-2-26-13-16(21(30)31)19(29)15-12-24-22(25-20(15)26)28-9-7-27(8-10-28)18(32)11-14-5-3-4-6-17(14)23/h3-6,12-13H,2,7-11H2,1H3,(H,30,31). The van der Waals surface area contributed by atoms with Gasteiger partial charge in [0.25, 0.3) is 0 Å². The molecule has 8 nitrogen and oxygen atoms in total. The van der Waals surface area contributed by atoms with Crippen molar-refractivity contribution in [3.63, 3.8) is 0 Å². The normalized spacial score (nSPS) is 14.1. The van der Waals surface area contributed by atoms with Crippen LogP contribution < -0.4 is 10.3 Å². The van der Waals surface area contributed by atoms with Crippen LogP contribution in [0.25, 0.3) is 11.0 Å². The molecule has 3 heterocycles. The van der Waals surface area contributed by atoms with Gasteiger partial charge in [-0.05, 0) is 18.6 Å². The number of carbonyl (C=O) groups is 1. The summed E-state index contributed by atoms with van der Waals surface area (Å²) in [6.45, 7) is 4.84. The number of piperazine rings is 1. The maximum absolute atomic E-state index is 13.9. The van der Waals surface area contributed by atoms with Gasteiger partial charge in [0.05, 0.1) is 10.4 Å². The Kier molecular flexibility index (Phi) is 6.13. The highest BCUT2D eigenvalue weighted by molar-refractivity contribution is 7.80. The lowest BCUT2D eigenvalue weighted by atomic mass is 10.1. The zero-order chi connectivity index (χ0) is 22.8. The summed E-state index contributed by atoms with van der Waals surface area (Å²) in [5.74, 6) is -1.06. The Balaban J connectivity index is 1.51. The van der Waals surface area contributed by atoms with Gasteiger partial charge in [-0.1, -0.05) is 30.4 Å². The highest BCUT2D eigenvalue weighted by Gasteiger charge is 2.23. The van der Waals surface area contributed by atoms with E-state index in [2.05, 4.69) is 14.9 Å². The minimum Gasteiger partial charge on any atom is -0.477 e. The number of rotatable bonds is 5. The average molecular weight is 456 g/mol. The molecule has 0 saturated carbocycles. The van der Waals surface area contributed by atoms with E-state index in [9.17, 15) is 19.1 Å². The van der Waals surface area contributed by atoms with E-state index in [0.717, 1.165) is 0 Å². The summed E-state index contributed by atoms with van der Waals surface area (Å²) in [5, 5.41) is 9.46. The smallest absolute Gasteiger partial charge is 0.341 e. The molecule has 0 amide bonds. The van der Waals surface area contributed by atoms with Crippen LogP contribution in [-0.2, 0) is 13.0 Å². The Bertz CT molecular complexity index is 1250. The monoisotopic (exact) mass is 455 g/mol. The van der Waals surface area contributed by atoms with Gasteiger partial charge in [0.15, 0.2) is 0 Å². The van der Waals surface area contributed by atoms with Gasteiger partial charge >= 0.3 is 5.97 Å². The molecular weight excluding hydrogens is 433 g/mol. The number of halogens is 1. The number of benzene rings is 1. The Labute approximate surface area is 188 Å². The van der Waals surface area contributed by atoms with Crippen molar-refractivity contribution in [2.75, 3.05) is 31.1 Å². The molecule has 4 rings (SSSR count). The number of nitrogens with zero attached hydrogens (tertiary/aromatic N) is 5. The van der Waals surface area contributed by atoms with Gasteiger partial charge in [-0.25, -0.2) is 14.2 Å². The van der Waals surface area contributed by atoms with Crippen LogP contribution in [0.5, 0.6) is 0 Å². The second-order valence-corrected chi connectivity index (χ2v) is 7.98. The number of fused-ring (bicyclic) bond motifs is 1. The maximum Gasteiger partial charge on any atom is 0.341 e. The fourth-order valence-electron chi connectivity index (χ4n) is 3.78. The number of carboxylic acid groups (broad SMARTS) is 1. The predicted molar refractivity (Wildman–Crippen MR) is 123 cm³/mol. The van der Waals surface area contributed by atoms with Crippen LogP contribution in [0.15, 0.2) is 41.5 Å². The molecule has 3 aromatic rings. The molecule has 0 aliphatic carbocycles. The number of anilines is 1. The lowest BCUT2D eigenvalue weighted by molar-refractivity contribution is 0.0695. The molecule has 166 valence electrons. The van der Waals surface area contributed by atoms with E-state index >= 15 is 0 Å². The SMILES string of the molecule is CCn1cc(C(=O)O)c(=O)c2cnc(N3CCN(C(=S)Cc4ccccc4F)CC3)nc21. The van der Waals surface area contributed by atoms with Crippen LogP contribution in [0, 0.1) is 5.82 Å². The number of aromatic nitrogens is 3. The Morgan fingerprint density at radius 1 is 1.22 bits per heavy atom. The molecule has 1 N–H and O–H groups in total. The van der Waals surface area contributed by atoms with Crippen molar-refractivity contribution in [1.82, 2.24) is 19.4 Å². The van der Waals surface area contributed by atoms with Crippen molar-refractivity contribution in [3.8, 4) is 0 Å². The second kappa shape index (κ2) is 8.99. The summed E-state index contributed by atoms with van der Waals surface area (Å²) < 4.78 is 15.6. The van der Waals surface area contributed by atoms with Gasteiger partial charge in [-0.2, -0.15) is 4.98 Å². The fourth-order valence-corrected chi connectivity index (χ4v) is 4.12. The lowest BCUT2D eigenvalue weighted by Gasteiger charge is -2.36. The van der Waals surface area contributed by atoms with E-state index in [1.54, 1.807) is 22.8 Å². The Morgan fingerprint density at radius 3 is 2.59 bits per heavy atom. The Hall–Kier alpha value is -3.40. The van der Waals surface area contributed by atoms with Gasteiger partial charge in [0.2, 0.25) is 11.4 Å². The first kappa shape index (κ1) is 21.8. The van der Waals surface area contributed by atoms with E-state index in [1.807, 2.05) is 11.8 Å². The molecule has 1 saturated heterocycles. The van der Waals surface area contributed by atoms with Crippen molar-refractivity contribution < 1.29 is 14.3 Å². The van der Waals surface area contributed by atoms with Crippen LogP contribution in [0.1, 0.15) is 22.8 Å². The predicted octanol–water partition coefficient (Wildman–Crippen LogP) is 2.34. The summed E-state index contributed by atoms with van der Waals surface area (Å²) in [7, 11) is 0. The third-order valence-electron chi connectivity index (χ3n) is 5.59. The quantitative estimate of drug-likeness (QED) is 0.587. The molecule has 32 heavy (non-hydrogen) atoms. The molecule has 2 aromatic heterocycles. The third kappa shape index (κ3) is 4.18. The zero-order valence-corrected chi connectivity index (χ0v) is 18.3. The van der Waals surface area contributed by atoms with Gasteiger partial charge in [-0.15, -0.1) is 0 Å². The maximum atomic E-state index is 13.9. The molecule has 1 aliphatic heterocycles. The summed E-state index contributed by atoms with van der Waals surface area (Å²) >= 11 is 5.54. The molecule has 0 atom stereocenters.